The van der Waals surface area contributed by atoms with Gasteiger partial charge >= 0.3 is 0 Å². The van der Waals surface area contributed by atoms with Gasteiger partial charge in [-0.15, -0.1) is 11.3 Å². The summed E-state index contributed by atoms with van der Waals surface area (Å²) in [6.45, 7) is 1.67. The van der Waals surface area contributed by atoms with Crippen molar-refractivity contribution in [1.82, 2.24) is 5.43 Å². The number of sulfone groups is 1. The van der Waals surface area contributed by atoms with Crippen LogP contribution in [0, 0.1) is 0 Å². The molecule has 0 aromatic carbocycles. The molecule has 0 aliphatic carbocycles. The van der Waals surface area contributed by atoms with Crippen LogP contribution in [0.25, 0.3) is 0 Å². The van der Waals surface area contributed by atoms with Gasteiger partial charge in [0.15, 0.2) is 0 Å². The number of hydrogen-bond donors (Lipinski definition) is 2. The maximum absolute atomic E-state index is 11.4. The van der Waals surface area contributed by atoms with Crippen LogP contribution >= 0.6 is 43.2 Å². The molecule has 1 unspecified atom stereocenters. The van der Waals surface area contributed by atoms with Gasteiger partial charge in [0.2, 0.25) is 0 Å². The quantitative estimate of drug-likeness (QED) is 0.526. The van der Waals surface area contributed by atoms with Gasteiger partial charge < -0.3 is 0 Å². The molecule has 104 valence electrons. The van der Waals surface area contributed by atoms with Gasteiger partial charge in [-0.3, -0.25) is 11.3 Å². The second-order valence-corrected chi connectivity index (χ2v) is 10.1. The molecule has 1 aromatic rings. The summed E-state index contributed by atoms with van der Waals surface area (Å²) in [5.74, 6) is 5.94. The lowest BCUT2D eigenvalue weighted by atomic mass is 10.1. The van der Waals surface area contributed by atoms with Crippen LogP contribution in [0.3, 0.4) is 0 Å². The van der Waals surface area contributed by atoms with Gasteiger partial charge in [0.05, 0.1) is 13.3 Å². The minimum Gasteiger partial charge on any atom is -0.271 e. The average molecular weight is 420 g/mol. The van der Waals surface area contributed by atoms with Crippen LogP contribution in [0.4, 0.5) is 0 Å². The van der Waals surface area contributed by atoms with Crippen LogP contribution in [-0.2, 0) is 9.84 Å². The molecule has 0 aliphatic rings. The van der Waals surface area contributed by atoms with Crippen molar-refractivity contribution in [2.45, 2.75) is 25.8 Å². The number of nitrogens with two attached hydrogens (primary N) is 1. The van der Waals surface area contributed by atoms with Crippen molar-refractivity contribution in [3.63, 3.8) is 0 Å². The third kappa shape index (κ3) is 4.90. The Hall–Kier alpha value is 0.530. The van der Waals surface area contributed by atoms with Gasteiger partial charge in [-0.25, -0.2) is 8.42 Å². The predicted octanol–water partition coefficient (Wildman–Crippen LogP) is 2.99. The monoisotopic (exact) mass is 418 g/mol. The molecule has 1 atom stereocenters. The van der Waals surface area contributed by atoms with Crippen molar-refractivity contribution in [1.29, 1.82) is 0 Å². The van der Waals surface area contributed by atoms with Crippen LogP contribution in [0.2, 0.25) is 0 Å². The molecule has 0 bridgehead atoms. The molecule has 0 saturated heterocycles. The van der Waals surface area contributed by atoms with Gasteiger partial charge in [-0.05, 0) is 56.3 Å². The van der Waals surface area contributed by atoms with Crippen LogP contribution in [0.1, 0.15) is 31.4 Å². The molecule has 0 saturated carbocycles. The van der Waals surface area contributed by atoms with E-state index in [4.69, 9.17) is 5.84 Å². The first-order valence-electron chi connectivity index (χ1n) is 5.51. The fraction of sp³-hybridized carbons (Fsp3) is 0.600. The predicted molar refractivity (Wildman–Crippen MR) is 83.3 cm³/mol. The molecule has 8 heteroatoms. The number of halogens is 2. The highest BCUT2D eigenvalue weighted by atomic mass is 79.9. The Balaban J connectivity index is 2.61. The second kappa shape index (κ2) is 7.35. The van der Waals surface area contributed by atoms with Crippen molar-refractivity contribution in [2.24, 2.45) is 5.84 Å². The topological polar surface area (TPSA) is 72.2 Å². The Labute approximate surface area is 128 Å². The number of rotatable bonds is 7. The highest BCUT2D eigenvalue weighted by Crippen LogP contribution is 2.36. The molecular formula is C10H16Br2N2O2S2. The summed E-state index contributed by atoms with van der Waals surface area (Å²) in [6.07, 6.45) is 1.29. The zero-order valence-electron chi connectivity index (χ0n) is 9.95. The van der Waals surface area contributed by atoms with Gasteiger partial charge in [0.1, 0.15) is 9.84 Å². The average Bonchev–Trinajstić information content (AvgIpc) is 2.64. The Kier molecular flexibility index (Phi) is 6.77. The van der Waals surface area contributed by atoms with E-state index in [0.717, 1.165) is 13.1 Å². The lowest BCUT2D eigenvalue weighted by molar-refractivity contribution is 0.507. The Morgan fingerprint density at radius 1 is 1.50 bits per heavy atom. The summed E-state index contributed by atoms with van der Waals surface area (Å²) < 4.78 is 24.8. The van der Waals surface area contributed by atoms with Crippen LogP contribution < -0.4 is 11.3 Å². The summed E-state index contributed by atoms with van der Waals surface area (Å²) in [6, 6.07) is 1.96. The first-order chi connectivity index (χ1) is 8.39. The molecule has 0 radical (unpaired) electrons. The number of hydrazine groups is 1. The molecular weight excluding hydrogens is 404 g/mol. The zero-order valence-corrected chi connectivity index (χ0v) is 14.8. The van der Waals surface area contributed by atoms with E-state index in [9.17, 15) is 8.42 Å². The Morgan fingerprint density at radius 3 is 2.61 bits per heavy atom. The lowest BCUT2D eigenvalue weighted by Crippen LogP contribution is -2.28. The van der Waals surface area contributed by atoms with Crippen molar-refractivity contribution in [2.75, 3.05) is 11.5 Å². The Morgan fingerprint density at radius 2 is 2.17 bits per heavy atom. The van der Waals surface area contributed by atoms with E-state index in [1.807, 2.05) is 6.07 Å². The van der Waals surface area contributed by atoms with E-state index in [1.165, 1.54) is 0 Å². The fourth-order valence-electron chi connectivity index (χ4n) is 1.57. The standard InChI is InChI=1S/C10H16Br2N2O2S2/c1-2-18(15,16)5-3-4-8(14-13)7-6-9(11)17-10(7)12/h6,8,14H,2-5,13H2,1H3. The summed E-state index contributed by atoms with van der Waals surface area (Å²) in [5.41, 5.74) is 3.80. The van der Waals surface area contributed by atoms with Crippen LogP contribution in [0.5, 0.6) is 0 Å². The van der Waals surface area contributed by atoms with Crippen molar-refractivity contribution >= 4 is 53.0 Å². The molecule has 0 fully saturated rings. The highest BCUT2D eigenvalue weighted by Gasteiger charge is 2.17. The van der Waals surface area contributed by atoms with Crippen LogP contribution in [-0.4, -0.2) is 19.9 Å². The smallest absolute Gasteiger partial charge is 0.150 e. The molecule has 0 aliphatic heterocycles. The van der Waals surface area contributed by atoms with E-state index in [1.54, 1.807) is 18.3 Å². The molecule has 1 aromatic heterocycles. The lowest BCUT2D eigenvalue weighted by Gasteiger charge is -2.15. The van der Waals surface area contributed by atoms with E-state index in [0.29, 0.717) is 12.8 Å². The number of nitrogens with one attached hydrogen (secondary N) is 1. The van der Waals surface area contributed by atoms with Crippen molar-refractivity contribution in [3.8, 4) is 0 Å². The molecule has 1 rings (SSSR count). The third-order valence-electron chi connectivity index (χ3n) is 2.65. The summed E-state index contributed by atoms with van der Waals surface area (Å²) in [4.78, 5) is 0. The van der Waals surface area contributed by atoms with Gasteiger partial charge in [-0.1, -0.05) is 6.92 Å². The maximum atomic E-state index is 11.4. The summed E-state index contributed by atoms with van der Waals surface area (Å²) >= 11 is 8.47. The molecule has 0 spiro atoms. The summed E-state index contributed by atoms with van der Waals surface area (Å²) in [7, 11) is -2.90. The minimum absolute atomic E-state index is 0.0334. The number of thiophene rings is 1. The molecule has 0 amide bonds. The number of hydrogen-bond acceptors (Lipinski definition) is 5. The molecule has 4 nitrogen and oxygen atoms in total. The maximum Gasteiger partial charge on any atom is 0.150 e. The summed E-state index contributed by atoms with van der Waals surface area (Å²) in [5, 5.41) is 0. The van der Waals surface area contributed by atoms with Gasteiger partial charge in [0, 0.05) is 11.8 Å². The first kappa shape index (κ1) is 16.6. The highest BCUT2D eigenvalue weighted by molar-refractivity contribution is 9.12. The van der Waals surface area contributed by atoms with Crippen molar-refractivity contribution < 1.29 is 8.42 Å². The van der Waals surface area contributed by atoms with E-state index >= 15 is 0 Å². The van der Waals surface area contributed by atoms with E-state index in [2.05, 4.69) is 37.3 Å². The van der Waals surface area contributed by atoms with E-state index in [-0.39, 0.29) is 17.5 Å². The fourth-order valence-corrected chi connectivity index (χ4v) is 5.44. The minimum atomic E-state index is -2.90. The Bertz CT molecular complexity index is 488. The van der Waals surface area contributed by atoms with Crippen LogP contribution in [0.15, 0.2) is 13.6 Å². The van der Waals surface area contributed by atoms with Gasteiger partial charge in [0.25, 0.3) is 0 Å². The van der Waals surface area contributed by atoms with Crippen molar-refractivity contribution in [3.05, 3.63) is 19.2 Å². The zero-order chi connectivity index (χ0) is 13.8. The third-order valence-corrected chi connectivity index (χ3v) is 6.82. The molecule has 1 heterocycles. The molecule has 18 heavy (non-hydrogen) atoms. The molecule has 3 N–H and O–H groups in total. The van der Waals surface area contributed by atoms with Gasteiger partial charge in [-0.2, -0.15) is 0 Å². The normalized spacial score (nSPS) is 13.8. The largest absolute Gasteiger partial charge is 0.271 e. The SMILES string of the molecule is CCS(=O)(=O)CCCC(NN)c1cc(Br)sc1Br. The first-order valence-corrected chi connectivity index (χ1v) is 9.73. The van der Waals surface area contributed by atoms with E-state index < -0.39 is 9.84 Å². The second-order valence-electron chi connectivity index (χ2n) is 3.88.